The van der Waals surface area contributed by atoms with Crippen LogP contribution in [0.15, 0.2) is 41.5 Å². The van der Waals surface area contributed by atoms with E-state index in [-0.39, 0.29) is 11.8 Å². The quantitative estimate of drug-likeness (QED) is 0.758. The van der Waals surface area contributed by atoms with Gasteiger partial charge in [-0.3, -0.25) is 9.59 Å². The molecule has 4 heteroatoms. The van der Waals surface area contributed by atoms with Gasteiger partial charge in [0.25, 0.3) is 11.8 Å². The van der Waals surface area contributed by atoms with Gasteiger partial charge < -0.3 is 0 Å². The van der Waals surface area contributed by atoms with Crippen molar-refractivity contribution in [3.8, 4) is 0 Å². The number of benzene rings is 1. The first-order chi connectivity index (χ1) is 10.6. The summed E-state index contributed by atoms with van der Waals surface area (Å²) in [6.45, 7) is 4.19. The summed E-state index contributed by atoms with van der Waals surface area (Å²) in [6, 6.07) is 9.18. The number of hydrogen-bond acceptors (Lipinski definition) is 3. The van der Waals surface area contributed by atoms with Crippen LogP contribution in [0, 0.1) is 13.8 Å². The molecule has 110 valence electrons. The highest BCUT2D eigenvalue weighted by molar-refractivity contribution is 7.12. The number of rotatable bonds is 1. The van der Waals surface area contributed by atoms with Crippen LogP contribution in [0.2, 0.25) is 0 Å². The van der Waals surface area contributed by atoms with Gasteiger partial charge in [-0.25, -0.2) is 4.90 Å². The fraction of sp³-hybridized carbons (Fsp3) is 0.222. The normalized spacial score (nSPS) is 17.1. The summed E-state index contributed by atoms with van der Waals surface area (Å²) in [6.07, 6.45) is 1.18. The van der Waals surface area contributed by atoms with Gasteiger partial charge in [0.15, 0.2) is 0 Å². The summed E-state index contributed by atoms with van der Waals surface area (Å²) in [4.78, 5) is 29.3. The second kappa shape index (κ2) is 4.65. The summed E-state index contributed by atoms with van der Waals surface area (Å²) in [5, 5.41) is 0. The third-order valence-corrected chi connectivity index (χ3v) is 5.63. The van der Waals surface area contributed by atoms with Gasteiger partial charge in [-0.15, -0.1) is 11.3 Å². The average molecular weight is 309 g/mol. The van der Waals surface area contributed by atoms with Gasteiger partial charge in [-0.1, -0.05) is 18.2 Å². The molecule has 1 aliphatic heterocycles. The lowest BCUT2D eigenvalue weighted by Gasteiger charge is -2.14. The Bertz CT molecular complexity index is 797. The van der Waals surface area contributed by atoms with Gasteiger partial charge in [0.2, 0.25) is 0 Å². The number of anilines is 1. The summed E-state index contributed by atoms with van der Waals surface area (Å²) >= 11 is 1.76. The lowest BCUT2D eigenvalue weighted by atomic mass is 9.87. The molecule has 2 amide bonds. The molecule has 2 aromatic rings. The largest absolute Gasteiger partial charge is 0.269 e. The van der Waals surface area contributed by atoms with Crippen LogP contribution in [0.25, 0.3) is 0 Å². The van der Waals surface area contributed by atoms with Crippen LogP contribution in [0.3, 0.4) is 0 Å². The first-order valence-electron chi connectivity index (χ1n) is 7.31. The van der Waals surface area contributed by atoms with Crippen molar-refractivity contribution in [1.82, 2.24) is 0 Å². The molecular weight excluding hydrogens is 294 g/mol. The maximum atomic E-state index is 12.7. The van der Waals surface area contributed by atoms with Crippen LogP contribution in [0.1, 0.15) is 20.9 Å². The van der Waals surface area contributed by atoms with Gasteiger partial charge in [0.05, 0.1) is 5.69 Å². The maximum Gasteiger partial charge on any atom is 0.262 e. The third kappa shape index (κ3) is 1.74. The van der Waals surface area contributed by atoms with E-state index in [0.717, 1.165) is 0 Å². The summed E-state index contributed by atoms with van der Waals surface area (Å²) in [5.74, 6) is -0.305. The Hall–Kier alpha value is -2.20. The first kappa shape index (κ1) is 13.5. The van der Waals surface area contributed by atoms with Crippen molar-refractivity contribution >= 4 is 28.8 Å². The Kier molecular flexibility index (Phi) is 2.84. The maximum absolute atomic E-state index is 12.7. The Morgan fingerprint density at radius 3 is 1.86 bits per heavy atom. The molecule has 2 aliphatic rings. The molecule has 0 radical (unpaired) electrons. The SMILES string of the molecule is Cc1sc(C)c2c1CC1=C(C2)C(=O)N(c2ccccc2)C1=O. The van der Waals surface area contributed by atoms with Crippen LogP contribution in [-0.2, 0) is 22.4 Å². The van der Waals surface area contributed by atoms with E-state index < -0.39 is 0 Å². The Balaban J connectivity index is 1.77. The highest BCUT2D eigenvalue weighted by Crippen LogP contribution is 2.40. The van der Waals surface area contributed by atoms with Crippen LogP contribution in [0.4, 0.5) is 5.69 Å². The third-order valence-electron chi connectivity index (χ3n) is 4.53. The smallest absolute Gasteiger partial charge is 0.262 e. The van der Waals surface area contributed by atoms with Gasteiger partial charge in [-0.2, -0.15) is 0 Å². The van der Waals surface area contributed by atoms with E-state index >= 15 is 0 Å². The molecule has 0 unspecified atom stereocenters. The van der Waals surface area contributed by atoms with E-state index in [4.69, 9.17) is 0 Å². The van der Waals surface area contributed by atoms with Crippen molar-refractivity contribution in [2.75, 3.05) is 4.90 Å². The molecule has 3 nitrogen and oxygen atoms in total. The number of carbonyl (C=O) groups excluding carboxylic acids is 2. The predicted molar refractivity (Wildman–Crippen MR) is 87.2 cm³/mol. The number of amides is 2. The number of aryl methyl sites for hydroxylation is 2. The second-order valence-electron chi connectivity index (χ2n) is 5.76. The summed E-state index contributed by atoms with van der Waals surface area (Å²) in [7, 11) is 0. The molecule has 0 fully saturated rings. The molecule has 1 aromatic heterocycles. The molecule has 0 atom stereocenters. The van der Waals surface area contributed by atoms with E-state index in [9.17, 15) is 9.59 Å². The molecule has 1 aliphatic carbocycles. The minimum absolute atomic E-state index is 0.153. The van der Waals surface area contributed by atoms with Gasteiger partial charge >= 0.3 is 0 Å². The molecule has 0 saturated carbocycles. The number of hydrogen-bond donors (Lipinski definition) is 0. The van der Waals surface area contributed by atoms with E-state index in [1.54, 1.807) is 23.5 Å². The monoisotopic (exact) mass is 309 g/mol. The number of thiophene rings is 1. The van der Waals surface area contributed by atoms with Crippen LogP contribution >= 0.6 is 11.3 Å². The Morgan fingerprint density at radius 2 is 1.36 bits per heavy atom. The van der Waals surface area contributed by atoms with Crippen molar-refractivity contribution in [3.63, 3.8) is 0 Å². The highest BCUT2D eigenvalue weighted by Gasteiger charge is 2.41. The van der Waals surface area contributed by atoms with Gasteiger partial charge in [-0.05, 0) is 37.1 Å². The lowest BCUT2D eigenvalue weighted by Crippen LogP contribution is -2.31. The summed E-state index contributed by atoms with van der Waals surface area (Å²) < 4.78 is 0. The second-order valence-corrected chi connectivity index (χ2v) is 7.19. The first-order valence-corrected chi connectivity index (χ1v) is 8.13. The highest BCUT2D eigenvalue weighted by atomic mass is 32.1. The van der Waals surface area contributed by atoms with Crippen molar-refractivity contribution in [1.29, 1.82) is 0 Å². The minimum atomic E-state index is -0.153. The van der Waals surface area contributed by atoms with E-state index in [0.29, 0.717) is 29.7 Å². The average Bonchev–Trinajstić information content (AvgIpc) is 2.94. The molecule has 22 heavy (non-hydrogen) atoms. The zero-order chi connectivity index (χ0) is 15.4. The zero-order valence-corrected chi connectivity index (χ0v) is 13.3. The van der Waals surface area contributed by atoms with E-state index in [2.05, 4.69) is 13.8 Å². The van der Waals surface area contributed by atoms with Crippen molar-refractivity contribution < 1.29 is 9.59 Å². The van der Waals surface area contributed by atoms with Crippen LogP contribution < -0.4 is 4.90 Å². The van der Waals surface area contributed by atoms with Crippen molar-refractivity contribution in [2.24, 2.45) is 0 Å². The van der Waals surface area contributed by atoms with Gasteiger partial charge in [0.1, 0.15) is 0 Å². The van der Waals surface area contributed by atoms with Crippen molar-refractivity contribution in [3.05, 3.63) is 62.4 Å². The molecule has 2 heterocycles. The standard InChI is InChI=1S/C18H15NO2S/c1-10-13-8-15-16(9-14(13)11(2)22-10)18(21)19(17(15)20)12-6-4-3-5-7-12/h3-7H,8-9H2,1-2H3. The fourth-order valence-electron chi connectivity index (χ4n) is 3.39. The molecule has 0 N–H and O–H groups in total. The number of imide groups is 1. The number of para-hydroxylation sites is 1. The molecule has 0 bridgehead atoms. The Morgan fingerprint density at radius 1 is 0.864 bits per heavy atom. The van der Waals surface area contributed by atoms with E-state index in [1.807, 2.05) is 18.2 Å². The Labute approximate surface area is 132 Å². The number of fused-ring (bicyclic) bond motifs is 1. The lowest BCUT2D eigenvalue weighted by molar-refractivity contribution is -0.120. The molecule has 1 aromatic carbocycles. The topological polar surface area (TPSA) is 37.4 Å². The number of nitrogens with zero attached hydrogens (tertiary/aromatic N) is 1. The van der Waals surface area contributed by atoms with Crippen LogP contribution in [-0.4, -0.2) is 11.8 Å². The van der Waals surface area contributed by atoms with Gasteiger partial charge in [0, 0.05) is 33.7 Å². The molecule has 0 spiro atoms. The van der Waals surface area contributed by atoms with Crippen LogP contribution in [0.5, 0.6) is 0 Å². The molecular formula is C18H15NO2S. The summed E-state index contributed by atoms with van der Waals surface area (Å²) in [5.41, 5.74) is 4.52. The zero-order valence-electron chi connectivity index (χ0n) is 12.5. The van der Waals surface area contributed by atoms with Crippen molar-refractivity contribution in [2.45, 2.75) is 26.7 Å². The predicted octanol–water partition coefficient (Wildman–Crippen LogP) is 3.33. The van der Waals surface area contributed by atoms with E-state index in [1.165, 1.54) is 25.8 Å². The molecule has 4 rings (SSSR count). The fourth-order valence-corrected chi connectivity index (χ4v) is 4.49. The molecule has 0 saturated heterocycles. The minimum Gasteiger partial charge on any atom is -0.269 e. The number of carbonyl (C=O) groups is 2.